The van der Waals surface area contributed by atoms with E-state index in [4.69, 9.17) is 10.5 Å². The summed E-state index contributed by atoms with van der Waals surface area (Å²) in [5, 5.41) is 2.47. The van der Waals surface area contributed by atoms with Gasteiger partial charge in [0.1, 0.15) is 16.4 Å². The van der Waals surface area contributed by atoms with Crippen LogP contribution in [0.2, 0.25) is 0 Å². The van der Waals surface area contributed by atoms with Crippen LogP contribution in [-0.4, -0.2) is 31.6 Å². The van der Waals surface area contributed by atoms with Gasteiger partial charge in [-0.3, -0.25) is 0 Å². The lowest BCUT2D eigenvalue weighted by Crippen LogP contribution is -2.21. The summed E-state index contributed by atoms with van der Waals surface area (Å²) in [6, 6.07) is 0. The van der Waals surface area contributed by atoms with Crippen LogP contribution in [0, 0.1) is 0 Å². The van der Waals surface area contributed by atoms with Gasteiger partial charge in [-0.2, -0.15) is 13.2 Å². The first-order chi connectivity index (χ1) is 8.80. The molecule has 0 unspecified atom stereocenters. The number of anilines is 2. The number of esters is 1. The molecule has 1 aromatic heterocycles. The van der Waals surface area contributed by atoms with Crippen LogP contribution in [0.5, 0.6) is 0 Å². The maximum absolute atomic E-state index is 12.2. The Balaban J connectivity index is 2.99. The fourth-order valence-electron chi connectivity index (χ4n) is 1.28. The highest BCUT2D eigenvalue weighted by molar-refractivity contribution is 7.99. The van der Waals surface area contributed by atoms with Crippen molar-refractivity contribution in [3.8, 4) is 0 Å². The van der Waals surface area contributed by atoms with Crippen molar-refractivity contribution in [3.05, 3.63) is 4.88 Å². The zero-order chi connectivity index (χ0) is 14.6. The van der Waals surface area contributed by atoms with E-state index in [9.17, 15) is 18.0 Å². The van der Waals surface area contributed by atoms with Gasteiger partial charge in [0.15, 0.2) is 0 Å². The summed E-state index contributed by atoms with van der Waals surface area (Å²) >= 11 is 2.04. The van der Waals surface area contributed by atoms with Crippen molar-refractivity contribution in [2.45, 2.75) is 18.0 Å². The van der Waals surface area contributed by atoms with Crippen LogP contribution in [-0.2, 0) is 4.74 Å². The molecule has 0 fully saturated rings. The minimum absolute atomic E-state index is 0.121. The molecule has 0 aliphatic carbocycles. The fourth-order valence-corrected chi connectivity index (χ4v) is 3.20. The Bertz CT molecular complexity index is 460. The van der Waals surface area contributed by atoms with Crippen molar-refractivity contribution in [3.63, 3.8) is 0 Å². The molecule has 9 heteroatoms. The molecule has 108 valence electrons. The summed E-state index contributed by atoms with van der Waals surface area (Å²) in [4.78, 5) is 12.1. The fraction of sp³-hybridized carbons (Fsp3) is 0.500. The third-order valence-electron chi connectivity index (χ3n) is 2.01. The van der Waals surface area contributed by atoms with Crippen LogP contribution < -0.4 is 11.1 Å². The Morgan fingerprint density at radius 1 is 1.53 bits per heavy atom. The molecule has 0 aliphatic heterocycles. The van der Waals surface area contributed by atoms with Gasteiger partial charge in [-0.1, -0.05) is 0 Å². The maximum atomic E-state index is 12.2. The number of rotatable bonds is 5. The maximum Gasteiger partial charge on any atom is 0.405 e. The molecule has 0 bridgehead atoms. The van der Waals surface area contributed by atoms with E-state index in [0.29, 0.717) is 4.90 Å². The Morgan fingerprint density at radius 2 is 2.16 bits per heavy atom. The number of ether oxygens (including phenoxy) is 1. The van der Waals surface area contributed by atoms with E-state index in [1.165, 1.54) is 11.8 Å². The second-order valence-electron chi connectivity index (χ2n) is 3.40. The van der Waals surface area contributed by atoms with Gasteiger partial charge in [0.05, 0.1) is 17.2 Å². The molecule has 1 heterocycles. The number of nitrogen functional groups attached to an aromatic ring is 1. The number of carbonyl (C=O) groups is 1. The average Bonchev–Trinajstić information content (AvgIpc) is 2.62. The Morgan fingerprint density at radius 3 is 2.63 bits per heavy atom. The lowest BCUT2D eigenvalue weighted by molar-refractivity contribution is -0.115. The molecule has 1 aromatic rings. The normalized spacial score (nSPS) is 11.4. The number of halogens is 3. The summed E-state index contributed by atoms with van der Waals surface area (Å²) in [6.07, 6.45) is -2.66. The predicted molar refractivity (Wildman–Crippen MR) is 71.0 cm³/mol. The van der Waals surface area contributed by atoms with E-state index >= 15 is 0 Å². The first kappa shape index (κ1) is 16.0. The Labute approximate surface area is 116 Å². The van der Waals surface area contributed by atoms with Gasteiger partial charge >= 0.3 is 12.1 Å². The van der Waals surface area contributed by atoms with Gasteiger partial charge in [0.2, 0.25) is 0 Å². The van der Waals surface area contributed by atoms with Crippen molar-refractivity contribution in [1.82, 2.24) is 0 Å². The van der Waals surface area contributed by atoms with E-state index in [0.717, 1.165) is 11.3 Å². The van der Waals surface area contributed by atoms with E-state index in [1.807, 2.05) is 0 Å². The molecule has 0 saturated carbocycles. The van der Waals surface area contributed by atoms with Crippen LogP contribution in [0.15, 0.2) is 4.90 Å². The number of alkyl halides is 3. The first-order valence-corrected chi connectivity index (χ1v) is 7.28. The van der Waals surface area contributed by atoms with Crippen LogP contribution >= 0.6 is 23.1 Å². The monoisotopic (exact) mass is 314 g/mol. The number of nitrogens with two attached hydrogens (primary N) is 1. The van der Waals surface area contributed by atoms with Gasteiger partial charge < -0.3 is 15.8 Å². The Hall–Kier alpha value is -1.09. The molecule has 0 saturated heterocycles. The van der Waals surface area contributed by atoms with Gasteiger partial charge in [-0.15, -0.1) is 23.1 Å². The molecule has 1 rings (SSSR count). The summed E-state index contributed by atoms with van der Waals surface area (Å²) in [5.74, 6) is -0.625. The SMILES string of the molecule is CCOC(=O)c1sc(NCC(F)(F)F)c(SC)c1N. The molecule has 0 amide bonds. The summed E-state index contributed by atoms with van der Waals surface area (Å²) < 4.78 is 41.3. The van der Waals surface area contributed by atoms with E-state index in [-0.39, 0.29) is 22.2 Å². The van der Waals surface area contributed by atoms with Crippen LogP contribution in [0.4, 0.5) is 23.9 Å². The van der Waals surface area contributed by atoms with Gasteiger partial charge in [0, 0.05) is 0 Å². The topological polar surface area (TPSA) is 64.3 Å². The van der Waals surface area contributed by atoms with E-state index in [2.05, 4.69) is 5.32 Å². The highest BCUT2D eigenvalue weighted by Crippen LogP contribution is 2.42. The summed E-state index contributed by atoms with van der Waals surface area (Å²) in [5.41, 5.74) is 5.91. The minimum Gasteiger partial charge on any atom is -0.462 e. The average molecular weight is 314 g/mol. The molecule has 0 atom stereocenters. The number of carbonyl (C=O) groups excluding carboxylic acids is 1. The smallest absolute Gasteiger partial charge is 0.405 e. The number of thiophene rings is 1. The van der Waals surface area contributed by atoms with E-state index < -0.39 is 18.7 Å². The molecule has 0 aliphatic rings. The van der Waals surface area contributed by atoms with E-state index in [1.54, 1.807) is 13.2 Å². The second-order valence-corrected chi connectivity index (χ2v) is 5.23. The minimum atomic E-state index is -4.33. The van der Waals surface area contributed by atoms with Crippen LogP contribution in [0.25, 0.3) is 0 Å². The van der Waals surface area contributed by atoms with Crippen LogP contribution in [0.3, 0.4) is 0 Å². The standard InChI is InChI=1S/C10H13F3N2O2S2/c1-3-17-9(16)7-5(14)6(18-2)8(19-7)15-4-10(11,12)13/h15H,3-4,14H2,1-2H3. The van der Waals surface area contributed by atoms with Crippen molar-refractivity contribution in [1.29, 1.82) is 0 Å². The molecule has 3 N–H and O–H groups in total. The van der Waals surface area contributed by atoms with Crippen molar-refractivity contribution in [2.24, 2.45) is 0 Å². The van der Waals surface area contributed by atoms with Crippen molar-refractivity contribution in [2.75, 3.05) is 30.5 Å². The highest BCUT2D eigenvalue weighted by atomic mass is 32.2. The summed E-state index contributed by atoms with van der Waals surface area (Å²) in [7, 11) is 0. The molecule has 0 spiro atoms. The molecule has 0 aromatic carbocycles. The number of nitrogens with one attached hydrogen (secondary N) is 1. The predicted octanol–water partition coefficient (Wildman–Crippen LogP) is 3.20. The molecule has 19 heavy (non-hydrogen) atoms. The zero-order valence-corrected chi connectivity index (χ0v) is 11.9. The van der Waals surface area contributed by atoms with Crippen LogP contribution in [0.1, 0.15) is 16.6 Å². The lowest BCUT2D eigenvalue weighted by atomic mass is 10.4. The second kappa shape index (κ2) is 6.38. The zero-order valence-electron chi connectivity index (χ0n) is 10.3. The lowest BCUT2D eigenvalue weighted by Gasteiger charge is -2.08. The van der Waals surface area contributed by atoms with Gasteiger partial charge in [-0.05, 0) is 13.2 Å². The van der Waals surface area contributed by atoms with Gasteiger partial charge in [-0.25, -0.2) is 4.79 Å². The third kappa shape index (κ3) is 4.20. The first-order valence-electron chi connectivity index (χ1n) is 5.24. The molecular formula is C10H13F3N2O2S2. The quantitative estimate of drug-likeness (QED) is 0.645. The number of thioether (sulfide) groups is 1. The molecule has 4 nitrogen and oxygen atoms in total. The van der Waals surface area contributed by atoms with Crippen molar-refractivity contribution < 1.29 is 22.7 Å². The van der Waals surface area contributed by atoms with Crippen molar-refractivity contribution >= 4 is 39.8 Å². The number of hydrogen-bond donors (Lipinski definition) is 2. The number of hydrogen-bond acceptors (Lipinski definition) is 6. The molecular weight excluding hydrogens is 301 g/mol. The largest absolute Gasteiger partial charge is 0.462 e. The summed E-state index contributed by atoms with van der Waals surface area (Å²) in [6.45, 7) is 0.638. The van der Waals surface area contributed by atoms with Gasteiger partial charge in [0.25, 0.3) is 0 Å². The highest BCUT2D eigenvalue weighted by Gasteiger charge is 2.29. The molecule has 0 radical (unpaired) electrons. The Kier molecular flexibility index (Phi) is 5.36. The third-order valence-corrected chi connectivity index (χ3v) is 4.12.